The molecule has 2 bridgehead atoms. The van der Waals surface area contributed by atoms with Gasteiger partial charge in [-0.2, -0.15) is 10.2 Å². The second kappa shape index (κ2) is 6.46. The highest BCUT2D eigenvalue weighted by Gasteiger charge is 2.59. The number of hydrogen-bond donors (Lipinski definition) is 3. The number of aromatic nitrogens is 2. The number of anilines is 1. The van der Waals surface area contributed by atoms with Crippen molar-refractivity contribution in [2.24, 2.45) is 0 Å². The molecule has 3 N–H and O–H groups in total. The van der Waals surface area contributed by atoms with Gasteiger partial charge in [0.15, 0.2) is 6.29 Å². The van der Waals surface area contributed by atoms with Crippen LogP contribution in [0.3, 0.4) is 0 Å². The molecule has 2 saturated heterocycles. The fraction of sp³-hybridized carbons (Fsp3) is 0.643. The molecule has 1 aromatic rings. The summed E-state index contributed by atoms with van der Waals surface area (Å²) in [4.78, 5) is 8.06. The predicted octanol–water partition coefficient (Wildman–Crippen LogP) is -1.37. The van der Waals surface area contributed by atoms with Crippen molar-refractivity contribution in [3.63, 3.8) is 0 Å². The zero-order chi connectivity index (χ0) is 17.3. The van der Waals surface area contributed by atoms with Crippen molar-refractivity contribution >= 4 is 5.95 Å². The Hall–Kier alpha value is -2.03. The van der Waals surface area contributed by atoms with Crippen molar-refractivity contribution < 1.29 is 29.2 Å². The largest absolute Gasteiger partial charge is 0.481 e. The first kappa shape index (κ1) is 16.8. The van der Waals surface area contributed by atoms with Crippen molar-refractivity contribution in [3.8, 4) is 11.9 Å². The van der Waals surface area contributed by atoms with Gasteiger partial charge in [-0.1, -0.05) is 0 Å². The molecule has 0 spiro atoms. The number of aliphatic hydroxyl groups is 2. The van der Waals surface area contributed by atoms with E-state index in [1.54, 1.807) is 0 Å². The van der Waals surface area contributed by atoms with Crippen LogP contribution in [0.25, 0.3) is 0 Å². The monoisotopic (exact) mass is 338 g/mol. The second-order valence-corrected chi connectivity index (χ2v) is 5.63. The predicted molar refractivity (Wildman–Crippen MR) is 78.2 cm³/mol. The van der Waals surface area contributed by atoms with E-state index in [4.69, 9.17) is 24.2 Å². The molecule has 0 saturated carbocycles. The van der Waals surface area contributed by atoms with Gasteiger partial charge >= 0.3 is 0 Å². The molecule has 5 atom stereocenters. The van der Waals surface area contributed by atoms with Gasteiger partial charge in [0.2, 0.25) is 11.8 Å². The third kappa shape index (κ3) is 2.77. The Morgan fingerprint density at radius 2 is 2.25 bits per heavy atom. The van der Waals surface area contributed by atoms with Crippen LogP contribution < -0.4 is 10.1 Å². The van der Waals surface area contributed by atoms with Crippen molar-refractivity contribution in [3.05, 3.63) is 11.8 Å². The quantitative estimate of drug-likeness (QED) is 0.589. The van der Waals surface area contributed by atoms with E-state index in [-0.39, 0.29) is 30.7 Å². The lowest BCUT2D eigenvalue weighted by molar-refractivity contribution is -0.227. The Balaban J connectivity index is 1.83. The highest BCUT2D eigenvalue weighted by Crippen LogP contribution is 2.38. The molecule has 0 unspecified atom stereocenters. The summed E-state index contributed by atoms with van der Waals surface area (Å²) in [7, 11) is 2.89. The summed E-state index contributed by atoms with van der Waals surface area (Å²) >= 11 is 0. The minimum Gasteiger partial charge on any atom is -0.481 e. The minimum atomic E-state index is -1.23. The first-order chi connectivity index (χ1) is 11.5. The van der Waals surface area contributed by atoms with Gasteiger partial charge in [-0.3, -0.25) is 0 Å². The van der Waals surface area contributed by atoms with E-state index in [1.807, 2.05) is 6.07 Å². The minimum absolute atomic E-state index is 0.0560. The molecule has 10 nitrogen and oxygen atoms in total. The summed E-state index contributed by atoms with van der Waals surface area (Å²) in [5.41, 5.74) is -1.01. The number of nitrogens with one attached hydrogen (secondary N) is 1. The van der Waals surface area contributed by atoms with Crippen LogP contribution in [0.4, 0.5) is 5.95 Å². The molecule has 24 heavy (non-hydrogen) atoms. The Morgan fingerprint density at radius 3 is 2.92 bits per heavy atom. The van der Waals surface area contributed by atoms with E-state index in [2.05, 4.69) is 15.3 Å². The van der Waals surface area contributed by atoms with E-state index >= 15 is 0 Å². The van der Waals surface area contributed by atoms with E-state index in [9.17, 15) is 10.2 Å². The first-order valence-corrected chi connectivity index (χ1v) is 7.27. The highest BCUT2D eigenvalue weighted by molar-refractivity contribution is 5.37. The number of aliphatic hydroxyl groups excluding tert-OH is 2. The SMILES string of the molecule is COC[C@@]12CO[C@@H](O1)[C@H](Nc1nc(C#N)cc(OC)n1)[C@@H](O)[C@H]2O. The molecule has 3 rings (SSSR count). The Morgan fingerprint density at radius 1 is 1.46 bits per heavy atom. The summed E-state index contributed by atoms with van der Waals surface area (Å²) in [6.45, 7) is 0.174. The van der Waals surface area contributed by atoms with Gasteiger partial charge in [0.25, 0.3) is 0 Å². The van der Waals surface area contributed by atoms with Gasteiger partial charge in [-0.15, -0.1) is 0 Å². The van der Waals surface area contributed by atoms with Crippen LogP contribution in [0.2, 0.25) is 0 Å². The third-order valence-corrected chi connectivity index (χ3v) is 4.08. The Labute approximate surface area is 137 Å². The van der Waals surface area contributed by atoms with Crippen LogP contribution in [0.15, 0.2) is 6.07 Å². The average Bonchev–Trinajstić information content (AvgIpc) is 2.99. The number of methoxy groups -OCH3 is 2. The third-order valence-electron chi connectivity index (χ3n) is 4.08. The maximum absolute atomic E-state index is 10.4. The number of fused-ring (bicyclic) bond motifs is 2. The van der Waals surface area contributed by atoms with Crippen molar-refractivity contribution in [1.29, 1.82) is 5.26 Å². The van der Waals surface area contributed by atoms with Crippen molar-refractivity contribution in [2.45, 2.75) is 30.1 Å². The van der Waals surface area contributed by atoms with Crippen LogP contribution >= 0.6 is 0 Å². The van der Waals surface area contributed by atoms with E-state index < -0.39 is 30.1 Å². The van der Waals surface area contributed by atoms with Gasteiger partial charge in [0.1, 0.15) is 35.6 Å². The highest BCUT2D eigenvalue weighted by atomic mass is 16.7. The maximum Gasteiger partial charge on any atom is 0.227 e. The van der Waals surface area contributed by atoms with E-state index in [0.29, 0.717) is 0 Å². The topological polar surface area (TPSA) is 139 Å². The van der Waals surface area contributed by atoms with Crippen LogP contribution in [-0.2, 0) is 14.2 Å². The van der Waals surface area contributed by atoms with Crippen molar-refractivity contribution in [2.75, 3.05) is 32.8 Å². The van der Waals surface area contributed by atoms with E-state index in [0.717, 1.165) is 0 Å². The van der Waals surface area contributed by atoms with E-state index in [1.165, 1.54) is 20.3 Å². The lowest BCUT2D eigenvalue weighted by atomic mass is 9.88. The molecule has 0 amide bonds. The number of hydrogen-bond acceptors (Lipinski definition) is 10. The molecular formula is C14H18N4O6. The molecule has 130 valence electrons. The van der Waals surface area contributed by atoms with Gasteiger partial charge < -0.3 is 34.5 Å². The van der Waals surface area contributed by atoms with Crippen LogP contribution in [0.1, 0.15) is 5.69 Å². The first-order valence-electron chi connectivity index (χ1n) is 7.27. The summed E-state index contributed by atoms with van der Waals surface area (Å²) in [6.07, 6.45) is -3.25. The summed E-state index contributed by atoms with van der Waals surface area (Å²) < 4.78 is 21.3. The molecule has 2 fully saturated rings. The molecule has 0 aliphatic carbocycles. The summed E-state index contributed by atoms with van der Waals surface area (Å²) in [6, 6.07) is 2.44. The summed E-state index contributed by atoms with van der Waals surface area (Å²) in [5, 5.41) is 32.7. The zero-order valence-electron chi connectivity index (χ0n) is 13.2. The number of ether oxygens (including phenoxy) is 4. The van der Waals surface area contributed by atoms with Crippen LogP contribution in [-0.4, -0.2) is 77.8 Å². The summed E-state index contributed by atoms with van der Waals surface area (Å²) in [5.74, 6) is 0.248. The lowest BCUT2D eigenvalue weighted by Gasteiger charge is -2.42. The Kier molecular flexibility index (Phi) is 4.53. The molecule has 10 heteroatoms. The van der Waals surface area contributed by atoms with Gasteiger partial charge in [0, 0.05) is 13.2 Å². The lowest BCUT2D eigenvalue weighted by Crippen LogP contribution is -2.64. The molecule has 2 aliphatic heterocycles. The molecule has 2 aliphatic rings. The smallest absolute Gasteiger partial charge is 0.227 e. The fourth-order valence-electron chi connectivity index (χ4n) is 2.88. The molecular weight excluding hydrogens is 320 g/mol. The standard InChI is InChI=1S/C14H18N4O6/c1-21-5-14-6-23-12(24-14)9(10(19)11(14)20)18-13-16-7(4-15)3-8(17-13)22-2/h3,9-12,19-20H,5-6H2,1-2H3,(H,16,17,18)/t9-,10-,11-,12+,14+/m1/s1. The van der Waals surface area contributed by atoms with Gasteiger partial charge in [-0.25, -0.2) is 4.98 Å². The Bertz CT molecular complexity index is 653. The zero-order valence-corrected chi connectivity index (χ0v) is 13.2. The second-order valence-electron chi connectivity index (χ2n) is 5.63. The maximum atomic E-state index is 10.4. The number of nitrogens with zero attached hydrogens (tertiary/aromatic N) is 3. The molecule has 0 radical (unpaired) electrons. The molecule has 0 aromatic carbocycles. The number of rotatable bonds is 5. The molecule has 3 heterocycles. The fourth-order valence-corrected chi connectivity index (χ4v) is 2.88. The normalized spacial score (nSPS) is 34.6. The molecule has 1 aromatic heterocycles. The average molecular weight is 338 g/mol. The number of nitriles is 1. The van der Waals surface area contributed by atoms with Crippen LogP contribution in [0, 0.1) is 11.3 Å². The van der Waals surface area contributed by atoms with Gasteiger partial charge in [0.05, 0.1) is 20.3 Å². The van der Waals surface area contributed by atoms with Crippen molar-refractivity contribution in [1.82, 2.24) is 9.97 Å². The van der Waals surface area contributed by atoms with Gasteiger partial charge in [-0.05, 0) is 0 Å². The van der Waals surface area contributed by atoms with Crippen LogP contribution in [0.5, 0.6) is 5.88 Å².